The SMILES string of the molecule is CCCCC(C)C1CCCCN1. The molecule has 1 aliphatic heterocycles. The molecule has 0 aromatic carbocycles. The molecule has 0 spiro atoms. The molecule has 1 fully saturated rings. The van der Waals surface area contributed by atoms with Gasteiger partial charge in [-0.25, -0.2) is 0 Å². The van der Waals surface area contributed by atoms with Gasteiger partial charge in [0, 0.05) is 6.04 Å². The molecule has 0 aromatic rings. The molecular weight excluding hydrogens is 146 g/mol. The Kier molecular flexibility index (Phi) is 4.67. The zero-order chi connectivity index (χ0) is 8.81. The van der Waals surface area contributed by atoms with Crippen LogP contribution in [0.1, 0.15) is 52.4 Å². The van der Waals surface area contributed by atoms with Gasteiger partial charge in [-0.1, -0.05) is 33.1 Å². The molecule has 1 N–H and O–H groups in total. The van der Waals surface area contributed by atoms with Crippen LogP contribution in [0.2, 0.25) is 0 Å². The summed E-state index contributed by atoms with van der Waals surface area (Å²) >= 11 is 0. The summed E-state index contributed by atoms with van der Waals surface area (Å²) in [6.07, 6.45) is 8.39. The van der Waals surface area contributed by atoms with Crippen molar-refractivity contribution < 1.29 is 0 Å². The second-order valence-electron chi connectivity index (χ2n) is 4.18. The minimum atomic E-state index is 0.824. The fourth-order valence-electron chi connectivity index (χ4n) is 2.09. The van der Waals surface area contributed by atoms with Crippen LogP contribution in [0.4, 0.5) is 0 Å². The van der Waals surface area contributed by atoms with Crippen molar-refractivity contribution in [2.75, 3.05) is 6.54 Å². The standard InChI is InChI=1S/C11H23N/c1-3-4-7-10(2)11-8-5-6-9-12-11/h10-12H,3-9H2,1-2H3. The van der Waals surface area contributed by atoms with Crippen molar-refractivity contribution in [1.29, 1.82) is 0 Å². The van der Waals surface area contributed by atoms with Gasteiger partial charge in [0.1, 0.15) is 0 Å². The summed E-state index contributed by atoms with van der Waals surface area (Å²) in [7, 11) is 0. The molecule has 0 bridgehead atoms. The van der Waals surface area contributed by atoms with E-state index in [9.17, 15) is 0 Å². The van der Waals surface area contributed by atoms with Gasteiger partial charge in [0.2, 0.25) is 0 Å². The smallest absolute Gasteiger partial charge is 0.00926 e. The Labute approximate surface area is 76.9 Å². The zero-order valence-corrected chi connectivity index (χ0v) is 8.60. The van der Waals surface area contributed by atoms with Crippen molar-refractivity contribution in [1.82, 2.24) is 5.32 Å². The van der Waals surface area contributed by atoms with Gasteiger partial charge in [-0.3, -0.25) is 0 Å². The van der Waals surface area contributed by atoms with Crippen molar-refractivity contribution >= 4 is 0 Å². The third-order valence-corrected chi connectivity index (χ3v) is 3.05. The van der Waals surface area contributed by atoms with E-state index in [0.717, 1.165) is 12.0 Å². The molecule has 0 aliphatic carbocycles. The lowest BCUT2D eigenvalue weighted by Crippen LogP contribution is -2.38. The molecule has 1 saturated heterocycles. The lowest BCUT2D eigenvalue weighted by Gasteiger charge is -2.29. The van der Waals surface area contributed by atoms with E-state index in [1.807, 2.05) is 0 Å². The van der Waals surface area contributed by atoms with Crippen molar-refractivity contribution in [3.8, 4) is 0 Å². The molecule has 0 amide bonds. The molecule has 1 aliphatic rings. The van der Waals surface area contributed by atoms with Gasteiger partial charge in [0.05, 0.1) is 0 Å². The molecular formula is C11H23N. The molecule has 1 heterocycles. The summed E-state index contributed by atoms with van der Waals surface area (Å²) in [6.45, 7) is 5.93. The van der Waals surface area contributed by atoms with E-state index in [1.54, 1.807) is 0 Å². The molecule has 12 heavy (non-hydrogen) atoms. The highest BCUT2D eigenvalue weighted by atomic mass is 14.9. The summed E-state index contributed by atoms with van der Waals surface area (Å²) in [6, 6.07) is 0.824. The number of rotatable bonds is 4. The Morgan fingerprint density at radius 2 is 2.25 bits per heavy atom. The third-order valence-electron chi connectivity index (χ3n) is 3.05. The lowest BCUT2D eigenvalue weighted by atomic mass is 9.90. The third kappa shape index (κ3) is 3.14. The van der Waals surface area contributed by atoms with Crippen molar-refractivity contribution in [2.45, 2.75) is 58.4 Å². The van der Waals surface area contributed by atoms with E-state index in [1.165, 1.54) is 45.1 Å². The van der Waals surface area contributed by atoms with Crippen LogP contribution in [-0.2, 0) is 0 Å². The van der Waals surface area contributed by atoms with Crippen LogP contribution in [0.3, 0.4) is 0 Å². The maximum Gasteiger partial charge on any atom is 0.00926 e. The molecule has 2 atom stereocenters. The fraction of sp³-hybridized carbons (Fsp3) is 1.00. The van der Waals surface area contributed by atoms with Gasteiger partial charge >= 0.3 is 0 Å². The van der Waals surface area contributed by atoms with E-state index in [4.69, 9.17) is 0 Å². The van der Waals surface area contributed by atoms with Gasteiger partial charge in [0.25, 0.3) is 0 Å². The molecule has 72 valence electrons. The van der Waals surface area contributed by atoms with E-state index >= 15 is 0 Å². The van der Waals surface area contributed by atoms with E-state index in [-0.39, 0.29) is 0 Å². The molecule has 0 saturated carbocycles. The fourth-order valence-corrected chi connectivity index (χ4v) is 2.09. The molecule has 0 aromatic heterocycles. The van der Waals surface area contributed by atoms with Crippen LogP contribution >= 0.6 is 0 Å². The van der Waals surface area contributed by atoms with Crippen LogP contribution in [0.5, 0.6) is 0 Å². The second-order valence-corrected chi connectivity index (χ2v) is 4.18. The zero-order valence-electron chi connectivity index (χ0n) is 8.60. The van der Waals surface area contributed by atoms with Crippen LogP contribution in [-0.4, -0.2) is 12.6 Å². The largest absolute Gasteiger partial charge is 0.314 e. The highest BCUT2D eigenvalue weighted by Crippen LogP contribution is 2.19. The normalized spacial score (nSPS) is 27.0. The molecule has 1 rings (SSSR count). The molecule has 0 radical (unpaired) electrons. The maximum atomic E-state index is 3.63. The first kappa shape index (κ1) is 10.0. The monoisotopic (exact) mass is 169 g/mol. The first-order valence-corrected chi connectivity index (χ1v) is 5.58. The Balaban J connectivity index is 2.15. The van der Waals surface area contributed by atoms with Crippen molar-refractivity contribution in [2.24, 2.45) is 5.92 Å². The Morgan fingerprint density at radius 1 is 1.42 bits per heavy atom. The predicted octanol–water partition coefficient (Wildman–Crippen LogP) is 2.95. The minimum absolute atomic E-state index is 0.824. The quantitative estimate of drug-likeness (QED) is 0.682. The summed E-state index contributed by atoms with van der Waals surface area (Å²) in [4.78, 5) is 0. The van der Waals surface area contributed by atoms with Crippen LogP contribution in [0.25, 0.3) is 0 Å². The summed E-state index contributed by atoms with van der Waals surface area (Å²) < 4.78 is 0. The number of unbranched alkanes of at least 4 members (excludes halogenated alkanes) is 1. The highest BCUT2D eigenvalue weighted by Gasteiger charge is 2.18. The number of hydrogen-bond acceptors (Lipinski definition) is 1. The number of hydrogen-bond donors (Lipinski definition) is 1. The van der Waals surface area contributed by atoms with Crippen LogP contribution in [0.15, 0.2) is 0 Å². The molecule has 1 nitrogen and oxygen atoms in total. The maximum absolute atomic E-state index is 3.63. The van der Waals surface area contributed by atoms with Gasteiger partial charge in [-0.05, 0) is 31.7 Å². The van der Waals surface area contributed by atoms with Gasteiger partial charge < -0.3 is 5.32 Å². The topological polar surface area (TPSA) is 12.0 Å². The Morgan fingerprint density at radius 3 is 2.83 bits per heavy atom. The van der Waals surface area contributed by atoms with E-state index in [0.29, 0.717) is 0 Å². The number of nitrogens with one attached hydrogen (secondary N) is 1. The van der Waals surface area contributed by atoms with E-state index < -0.39 is 0 Å². The lowest BCUT2D eigenvalue weighted by molar-refractivity contribution is 0.293. The average molecular weight is 169 g/mol. The average Bonchev–Trinajstić information content (AvgIpc) is 2.15. The van der Waals surface area contributed by atoms with E-state index in [2.05, 4.69) is 19.2 Å². The second kappa shape index (κ2) is 5.58. The first-order valence-electron chi connectivity index (χ1n) is 5.58. The minimum Gasteiger partial charge on any atom is -0.314 e. The molecule has 2 unspecified atom stereocenters. The summed E-state index contributed by atoms with van der Waals surface area (Å²) in [5, 5.41) is 3.63. The van der Waals surface area contributed by atoms with Crippen LogP contribution < -0.4 is 5.32 Å². The van der Waals surface area contributed by atoms with Gasteiger partial charge in [-0.15, -0.1) is 0 Å². The summed E-state index contributed by atoms with van der Waals surface area (Å²) in [5.41, 5.74) is 0. The number of piperidine rings is 1. The van der Waals surface area contributed by atoms with Crippen LogP contribution in [0, 0.1) is 5.92 Å². The highest BCUT2D eigenvalue weighted by molar-refractivity contribution is 4.76. The summed E-state index contributed by atoms with van der Waals surface area (Å²) in [5.74, 6) is 0.894. The Bertz CT molecular complexity index is 106. The van der Waals surface area contributed by atoms with Gasteiger partial charge in [-0.2, -0.15) is 0 Å². The van der Waals surface area contributed by atoms with Crippen molar-refractivity contribution in [3.63, 3.8) is 0 Å². The first-order chi connectivity index (χ1) is 5.84. The Hall–Kier alpha value is -0.0400. The molecule has 1 heteroatoms. The van der Waals surface area contributed by atoms with Crippen molar-refractivity contribution in [3.05, 3.63) is 0 Å². The van der Waals surface area contributed by atoms with Gasteiger partial charge in [0.15, 0.2) is 0 Å². The predicted molar refractivity (Wildman–Crippen MR) is 54.3 cm³/mol.